The molecule has 0 saturated carbocycles. The smallest absolute Gasteiger partial charge is 0.303 e. The van der Waals surface area contributed by atoms with Crippen LogP contribution in [0.1, 0.15) is 116 Å². The summed E-state index contributed by atoms with van der Waals surface area (Å²) >= 11 is 0. The highest BCUT2D eigenvalue weighted by Crippen LogP contribution is 2.17. The van der Waals surface area contributed by atoms with E-state index in [0.29, 0.717) is 24.3 Å². The number of phenols is 1. The number of aliphatic hydroxyl groups excluding tert-OH is 3. The van der Waals surface area contributed by atoms with Gasteiger partial charge in [0.05, 0.1) is 32.2 Å². The fourth-order valence-corrected chi connectivity index (χ4v) is 7.63. The summed E-state index contributed by atoms with van der Waals surface area (Å²) in [6, 6.07) is -8.62. The van der Waals surface area contributed by atoms with Crippen LogP contribution in [0.5, 0.6) is 5.75 Å². The van der Waals surface area contributed by atoms with Gasteiger partial charge in [-0.2, -0.15) is 0 Å². The lowest BCUT2D eigenvalue weighted by molar-refractivity contribution is -0.139. The van der Waals surface area contributed by atoms with Crippen molar-refractivity contribution in [3.63, 3.8) is 0 Å². The molecule has 10 unspecified atom stereocenters. The molecule has 0 aromatic heterocycles. The average Bonchev–Trinajstić information content (AvgIpc) is 3.32. The molecule has 1 saturated heterocycles. The van der Waals surface area contributed by atoms with Gasteiger partial charge < -0.3 is 79.5 Å². The summed E-state index contributed by atoms with van der Waals surface area (Å²) in [5.74, 6) is -12.6. The zero-order chi connectivity index (χ0) is 54.8. The Balaban J connectivity index is 2.70. The minimum absolute atomic E-state index is 0.157. The van der Waals surface area contributed by atoms with Crippen molar-refractivity contribution in [3.05, 3.63) is 29.8 Å². The van der Waals surface area contributed by atoms with Crippen molar-refractivity contribution in [2.24, 2.45) is 17.4 Å². The van der Waals surface area contributed by atoms with Crippen molar-refractivity contribution in [1.82, 2.24) is 42.5 Å². The summed E-state index contributed by atoms with van der Waals surface area (Å²) in [6.45, 7) is 3.13. The highest BCUT2D eigenvalue weighted by molar-refractivity contribution is 5.99. The van der Waals surface area contributed by atoms with E-state index in [0.717, 1.165) is 45.4 Å². The Labute approximate surface area is 422 Å². The lowest BCUT2D eigenvalue weighted by Gasteiger charge is -2.28. The number of amides is 10. The molecule has 0 radical (unpaired) electrons. The normalized spacial score (nSPS) is 24.3. The van der Waals surface area contributed by atoms with E-state index in [4.69, 9.17) is 11.5 Å². The fourth-order valence-electron chi connectivity index (χ4n) is 7.63. The quantitative estimate of drug-likeness (QED) is 0.0498. The molecule has 0 spiro atoms. The molecule has 2 rings (SSSR count). The number of aromatic hydroxyl groups is 1. The Hall–Kier alpha value is -6.93. The zero-order valence-corrected chi connectivity index (χ0v) is 41.5. The van der Waals surface area contributed by atoms with Crippen LogP contribution >= 0.6 is 0 Å². The Bertz CT molecular complexity index is 2060. The van der Waals surface area contributed by atoms with Gasteiger partial charge in [0.1, 0.15) is 48.0 Å². The van der Waals surface area contributed by atoms with Gasteiger partial charge in [0, 0.05) is 25.3 Å². The number of carboxylic acid groups (broad SMARTS) is 1. The highest BCUT2D eigenvalue weighted by Gasteiger charge is 2.36. The third kappa shape index (κ3) is 23.4. The van der Waals surface area contributed by atoms with Gasteiger partial charge in [-0.15, -0.1) is 0 Å². The summed E-state index contributed by atoms with van der Waals surface area (Å²) in [5.41, 5.74) is 11.2. The van der Waals surface area contributed by atoms with Gasteiger partial charge in [0.2, 0.25) is 59.1 Å². The van der Waals surface area contributed by atoms with Crippen LogP contribution in [0.25, 0.3) is 0 Å². The molecule has 1 aromatic rings. The third-order valence-electron chi connectivity index (χ3n) is 12.1. The Morgan fingerprint density at radius 3 is 1.56 bits per heavy atom. The molecule has 10 amide bonds. The molecule has 408 valence electrons. The molecule has 0 aliphatic carbocycles. The van der Waals surface area contributed by atoms with Gasteiger partial charge >= 0.3 is 5.97 Å². The van der Waals surface area contributed by atoms with Crippen molar-refractivity contribution in [1.29, 1.82) is 0 Å². The number of hydrogen-bond donors (Lipinski definition) is 15. The molecule has 17 N–H and O–H groups in total. The van der Waals surface area contributed by atoms with Gasteiger partial charge in [0.15, 0.2) is 0 Å². The second kappa shape index (κ2) is 32.2. The average molecular weight is 1040 g/mol. The Kier molecular flexibility index (Phi) is 27.4. The molecule has 26 heteroatoms. The van der Waals surface area contributed by atoms with Crippen LogP contribution in [0.2, 0.25) is 0 Å². The van der Waals surface area contributed by atoms with Crippen LogP contribution in [0.15, 0.2) is 24.3 Å². The number of primary amides is 2. The number of hydrogen-bond acceptors (Lipinski definition) is 15. The number of aliphatic carboxylic acids is 1. The predicted molar refractivity (Wildman–Crippen MR) is 259 cm³/mol. The predicted octanol–water partition coefficient (Wildman–Crippen LogP) is -3.64. The summed E-state index contributed by atoms with van der Waals surface area (Å²) < 4.78 is 0. The van der Waals surface area contributed by atoms with E-state index < -0.39 is 165 Å². The van der Waals surface area contributed by atoms with Gasteiger partial charge in [-0.1, -0.05) is 77.3 Å². The third-order valence-corrected chi connectivity index (χ3v) is 12.1. The van der Waals surface area contributed by atoms with Crippen LogP contribution in [0.4, 0.5) is 0 Å². The van der Waals surface area contributed by atoms with Crippen molar-refractivity contribution >= 4 is 65.0 Å². The first-order valence-electron chi connectivity index (χ1n) is 24.4. The van der Waals surface area contributed by atoms with Crippen molar-refractivity contribution in [3.8, 4) is 5.75 Å². The number of rotatable bonds is 22. The summed E-state index contributed by atoms with van der Waals surface area (Å²) in [7, 11) is 0. The summed E-state index contributed by atoms with van der Waals surface area (Å²) in [5, 5.41) is 68.6. The van der Waals surface area contributed by atoms with E-state index >= 15 is 0 Å². The number of unbranched alkanes of at least 4 members (excludes halogenated alkanes) is 5. The van der Waals surface area contributed by atoms with Crippen molar-refractivity contribution in [2.75, 3.05) is 13.2 Å². The number of phenolic OH excluding ortho intramolecular Hbond substituents is 1. The van der Waals surface area contributed by atoms with E-state index in [1.165, 1.54) is 24.3 Å². The number of aliphatic hydroxyl groups is 3. The first-order valence-corrected chi connectivity index (χ1v) is 24.4. The number of carbonyl (C=O) groups is 11. The van der Waals surface area contributed by atoms with E-state index in [-0.39, 0.29) is 18.6 Å². The maximum absolute atomic E-state index is 14.1. The molecule has 1 aliphatic rings. The molecule has 73 heavy (non-hydrogen) atoms. The van der Waals surface area contributed by atoms with Gasteiger partial charge in [-0.05, 0) is 43.4 Å². The topological polar surface area (TPSA) is 437 Å². The lowest BCUT2D eigenvalue weighted by atomic mass is 9.99. The molecule has 26 nitrogen and oxygen atoms in total. The zero-order valence-electron chi connectivity index (χ0n) is 41.5. The monoisotopic (exact) mass is 1030 g/mol. The Morgan fingerprint density at radius 1 is 0.589 bits per heavy atom. The summed E-state index contributed by atoms with van der Waals surface area (Å²) in [6.07, 6.45) is 1.58. The minimum atomic E-state index is -1.98. The number of carboxylic acids is 1. The lowest BCUT2D eigenvalue weighted by Crippen LogP contribution is -2.62. The number of nitrogens with one attached hydrogen (secondary N) is 8. The standard InChI is InChI=1S/C47H74N10O16/c1-4-25(2)11-9-7-5-6-8-10-12-28-20-38(64)51-32(21-36(48)62)43(69)53-31(19-27-13-15-29(61)16-14-27)42(68)54-33(22-37(49)63)44(70)56-34(23-58)45(71)52-30(17-18-39(65)66)41(67)55-35(24-59)46(72)57-40(26(3)60)47(73)50-28/h13-16,25-26,28,30-35,40,58-61H,4-12,17-24H2,1-3H3,(H2,48,62)(H2,49,63)(H,50,73)(H,51,64)(H,52,71)(H,53,69)(H,54,68)(H,55,67)(H,56,70)(H,57,72)(H,65,66). The van der Waals surface area contributed by atoms with Gasteiger partial charge in [-0.25, -0.2) is 0 Å². The van der Waals surface area contributed by atoms with Crippen molar-refractivity contribution < 1.29 is 78.3 Å². The largest absolute Gasteiger partial charge is 0.508 e. The van der Waals surface area contributed by atoms with Crippen LogP contribution < -0.4 is 54.0 Å². The molecule has 1 aliphatic heterocycles. The first-order chi connectivity index (χ1) is 34.5. The second-order valence-corrected chi connectivity index (χ2v) is 18.3. The molecule has 0 bridgehead atoms. The molecule has 1 heterocycles. The molecule has 10 atom stereocenters. The maximum atomic E-state index is 14.1. The molecular formula is C47H74N10O16. The highest BCUT2D eigenvalue weighted by atomic mass is 16.4. The maximum Gasteiger partial charge on any atom is 0.303 e. The number of benzene rings is 1. The van der Waals surface area contributed by atoms with E-state index in [1.807, 2.05) is 0 Å². The van der Waals surface area contributed by atoms with Gasteiger partial charge in [-0.3, -0.25) is 52.7 Å². The molecular weight excluding hydrogens is 961 g/mol. The van der Waals surface area contributed by atoms with Crippen LogP contribution in [0, 0.1) is 5.92 Å². The Morgan fingerprint density at radius 2 is 1.04 bits per heavy atom. The van der Waals surface area contributed by atoms with Crippen LogP contribution in [-0.4, -0.2) is 158 Å². The first kappa shape index (κ1) is 62.2. The van der Waals surface area contributed by atoms with Crippen LogP contribution in [-0.2, 0) is 59.2 Å². The van der Waals surface area contributed by atoms with E-state index in [2.05, 4.69) is 56.4 Å². The van der Waals surface area contributed by atoms with Crippen molar-refractivity contribution in [2.45, 2.75) is 172 Å². The minimum Gasteiger partial charge on any atom is -0.508 e. The van der Waals surface area contributed by atoms with E-state index in [9.17, 15) is 78.3 Å². The SMILES string of the molecule is CCC(C)CCCCCCCCC1CC(=O)NC(CC(N)=O)C(=O)NC(Cc2ccc(O)cc2)C(=O)NC(CC(N)=O)C(=O)NC(CO)C(=O)NC(CCC(=O)O)C(=O)NC(CO)C(=O)NC(C(C)O)C(=O)N1. The second-order valence-electron chi connectivity index (χ2n) is 18.3. The molecule has 1 fully saturated rings. The number of carbonyl (C=O) groups excluding carboxylic acids is 10. The number of nitrogens with two attached hydrogens (primary N) is 2. The molecule has 1 aromatic carbocycles. The van der Waals surface area contributed by atoms with Gasteiger partial charge in [0.25, 0.3) is 0 Å². The van der Waals surface area contributed by atoms with E-state index in [1.54, 1.807) is 0 Å². The summed E-state index contributed by atoms with van der Waals surface area (Å²) in [4.78, 5) is 146. The fraction of sp³-hybridized carbons (Fsp3) is 0.638. The van der Waals surface area contributed by atoms with Crippen LogP contribution in [0.3, 0.4) is 0 Å².